The molecule has 0 atom stereocenters. The second-order valence-corrected chi connectivity index (χ2v) is 3.98. The molecular formula is C13H17N3O. The van der Waals surface area contributed by atoms with E-state index in [1.54, 1.807) is 6.20 Å². The molecule has 0 aliphatic heterocycles. The second kappa shape index (κ2) is 5.50. The zero-order valence-corrected chi connectivity index (χ0v) is 9.94. The number of nitrogens with zero attached hydrogens (tertiary/aromatic N) is 1. The Kier molecular flexibility index (Phi) is 3.77. The van der Waals surface area contributed by atoms with Crippen LogP contribution in [0.2, 0.25) is 0 Å². The lowest BCUT2D eigenvalue weighted by Gasteiger charge is -2.05. The minimum Gasteiger partial charge on any atom is -0.380 e. The molecule has 0 spiro atoms. The van der Waals surface area contributed by atoms with Gasteiger partial charge in [-0.1, -0.05) is 29.4 Å². The summed E-state index contributed by atoms with van der Waals surface area (Å²) in [6, 6.07) is 8.27. The van der Waals surface area contributed by atoms with E-state index in [0.29, 0.717) is 6.54 Å². The molecule has 1 heterocycles. The molecule has 0 saturated carbocycles. The van der Waals surface area contributed by atoms with Crippen LogP contribution in [0.3, 0.4) is 0 Å². The van der Waals surface area contributed by atoms with Gasteiger partial charge in [0.2, 0.25) is 0 Å². The van der Waals surface area contributed by atoms with Crippen molar-refractivity contribution in [3.63, 3.8) is 0 Å². The highest BCUT2D eigenvalue weighted by molar-refractivity contribution is 5.47. The first kappa shape index (κ1) is 11.7. The van der Waals surface area contributed by atoms with Crippen molar-refractivity contribution >= 4 is 5.69 Å². The van der Waals surface area contributed by atoms with E-state index in [1.807, 2.05) is 12.1 Å². The smallest absolute Gasteiger partial charge is 0.164 e. The zero-order valence-electron chi connectivity index (χ0n) is 9.94. The van der Waals surface area contributed by atoms with Gasteiger partial charge >= 0.3 is 0 Å². The van der Waals surface area contributed by atoms with Crippen LogP contribution in [0.5, 0.6) is 0 Å². The molecule has 2 rings (SSSR count). The fraction of sp³-hybridized carbons (Fsp3) is 0.308. The maximum absolute atomic E-state index is 5.46. The molecule has 0 aliphatic rings. The summed E-state index contributed by atoms with van der Waals surface area (Å²) in [5, 5.41) is 7.02. The van der Waals surface area contributed by atoms with E-state index < -0.39 is 0 Å². The van der Waals surface area contributed by atoms with Crippen LogP contribution in [0.25, 0.3) is 0 Å². The molecule has 2 aromatic rings. The fourth-order valence-corrected chi connectivity index (χ4v) is 1.72. The topological polar surface area (TPSA) is 64.1 Å². The SMILES string of the molecule is Cc1ccccc1Cc1oncc1NCCN. The number of hydrogen-bond donors (Lipinski definition) is 2. The third-order valence-corrected chi connectivity index (χ3v) is 2.72. The molecule has 0 aliphatic carbocycles. The first-order valence-electron chi connectivity index (χ1n) is 5.73. The van der Waals surface area contributed by atoms with E-state index in [-0.39, 0.29) is 0 Å². The third-order valence-electron chi connectivity index (χ3n) is 2.72. The third kappa shape index (κ3) is 2.85. The van der Waals surface area contributed by atoms with Crippen molar-refractivity contribution in [2.75, 3.05) is 18.4 Å². The van der Waals surface area contributed by atoms with E-state index in [9.17, 15) is 0 Å². The van der Waals surface area contributed by atoms with Crippen LogP contribution in [-0.4, -0.2) is 18.2 Å². The molecule has 3 N–H and O–H groups in total. The summed E-state index contributed by atoms with van der Waals surface area (Å²) in [5.74, 6) is 0.854. The van der Waals surface area contributed by atoms with Gasteiger partial charge in [0.1, 0.15) is 0 Å². The van der Waals surface area contributed by atoms with E-state index in [2.05, 4.69) is 29.5 Å². The molecule has 4 nitrogen and oxygen atoms in total. The molecule has 0 fully saturated rings. The van der Waals surface area contributed by atoms with Gasteiger partial charge in [0.25, 0.3) is 0 Å². The average Bonchev–Trinajstić information content (AvgIpc) is 2.77. The molecule has 0 unspecified atom stereocenters. The number of aromatic nitrogens is 1. The summed E-state index contributed by atoms with van der Waals surface area (Å²) < 4.78 is 5.27. The molecule has 0 amide bonds. The summed E-state index contributed by atoms with van der Waals surface area (Å²) in [5.41, 5.74) is 8.90. The van der Waals surface area contributed by atoms with Crippen LogP contribution < -0.4 is 11.1 Å². The number of aryl methyl sites for hydroxylation is 1. The monoisotopic (exact) mass is 231 g/mol. The first-order valence-corrected chi connectivity index (χ1v) is 5.73. The van der Waals surface area contributed by atoms with Gasteiger partial charge in [0.15, 0.2) is 5.76 Å². The van der Waals surface area contributed by atoms with Gasteiger partial charge in [-0.05, 0) is 18.1 Å². The maximum atomic E-state index is 5.46. The van der Waals surface area contributed by atoms with E-state index in [1.165, 1.54) is 11.1 Å². The minimum absolute atomic E-state index is 0.592. The number of anilines is 1. The maximum Gasteiger partial charge on any atom is 0.164 e. The Morgan fingerprint density at radius 3 is 2.94 bits per heavy atom. The van der Waals surface area contributed by atoms with E-state index in [4.69, 9.17) is 10.3 Å². The predicted molar refractivity (Wildman–Crippen MR) is 68.0 cm³/mol. The normalized spacial score (nSPS) is 10.5. The van der Waals surface area contributed by atoms with Gasteiger partial charge in [0.05, 0.1) is 11.9 Å². The summed E-state index contributed by atoms with van der Waals surface area (Å²) in [4.78, 5) is 0. The van der Waals surface area contributed by atoms with Crippen molar-refractivity contribution < 1.29 is 4.52 Å². The Hall–Kier alpha value is -1.81. The molecule has 0 bridgehead atoms. The molecular weight excluding hydrogens is 214 g/mol. The fourth-order valence-electron chi connectivity index (χ4n) is 1.72. The number of rotatable bonds is 5. The van der Waals surface area contributed by atoms with Gasteiger partial charge in [0, 0.05) is 19.5 Å². The predicted octanol–water partition coefficient (Wildman–Crippen LogP) is 1.94. The Morgan fingerprint density at radius 2 is 2.18 bits per heavy atom. The number of nitrogens with two attached hydrogens (primary N) is 1. The second-order valence-electron chi connectivity index (χ2n) is 3.98. The van der Waals surface area contributed by atoms with Crippen molar-refractivity contribution in [1.82, 2.24) is 5.16 Å². The van der Waals surface area contributed by atoms with Crippen LogP contribution in [0.4, 0.5) is 5.69 Å². The average molecular weight is 231 g/mol. The lowest BCUT2D eigenvalue weighted by Crippen LogP contribution is -2.13. The van der Waals surface area contributed by atoms with Crippen LogP contribution in [-0.2, 0) is 6.42 Å². The minimum atomic E-state index is 0.592. The van der Waals surface area contributed by atoms with Crippen LogP contribution in [0, 0.1) is 6.92 Å². The Morgan fingerprint density at radius 1 is 1.35 bits per heavy atom. The molecule has 4 heteroatoms. The van der Waals surface area contributed by atoms with Crippen molar-refractivity contribution in [2.24, 2.45) is 5.73 Å². The summed E-state index contributed by atoms with van der Waals surface area (Å²) in [7, 11) is 0. The number of hydrogen-bond acceptors (Lipinski definition) is 4. The van der Waals surface area contributed by atoms with Crippen LogP contribution in [0.15, 0.2) is 35.0 Å². The lowest BCUT2D eigenvalue weighted by molar-refractivity contribution is 0.390. The molecule has 1 aromatic heterocycles. The Bertz CT molecular complexity index is 479. The Labute approximate surface area is 101 Å². The summed E-state index contributed by atoms with van der Waals surface area (Å²) in [6.45, 7) is 3.41. The first-order chi connectivity index (χ1) is 8.31. The molecule has 0 saturated heterocycles. The largest absolute Gasteiger partial charge is 0.380 e. The highest BCUT2D eigenvalue weighted by atomic mass is 16.5. The lowest BCUT2D eigenvalue weighted by atomic mass is 10.0. The molecule has 90 valence electrons. The van der Waals surface area contributed by atoms with Gasteiger partial charge in [-0.2, -0.15) is 0 Å². The van der Waals surface area contributed by atoms with E-state index in [0.717, 1.165) is 24.4 Å². The van der Waals surface area contributed by atoms with Gasteiger partial charge < -0.3 is 15.6 Å². The van der Waals surface area contributed by atoms with Crippen molar-refractivity contribution in [3.05, 3.63) is 47.3 Å². The number of nitrogens with one attached hydrogen (secondary N) is 1. The Balaban J connectivity index is 2.13. The van der Waals surface area contributed by atoms with Crippen molar-refractivity contribution in [2.45, 2.75) is 13.3 Å². The summed E-state index contributed by atoms with van der Waals surface area (Å²) >= 11 is 0. The highest BCUT2D eigenvalue weighted by Crippen LogP contribution is 2.20. The summed E-state index contributed by atoms with van der Waals surface area (Å²) in [6.07, 6.45) is 2.45. The van der Waals surface area contributed by atoms with Crippen LogP contribution in [0.1, 0.15) is 16.9 Å². The number of benzene rings is 1. The van der Waals surface area contributed by atoms with Crippen LogP contribution >= 0.6 is 0 Å². The molecule has 0 radical (unpaired) electrons. The zero-order chi connectivity index (χ0) is 12.1. The van der Waals surface area contributed by atoms with Crippen molar-refractivity contribution in [3.8, 4) is 0 Å². The van der Waals surface area contributed by atoms with Crippen molar-refractivity contribution in [1.29, 1.82) is 0 Å². The van der Waals surface area contributed by atoms with Gasteiger partial charge in [-0.15, -0.1) is 0 Å². The molecule has 17 heavy (non-hydrogen) atoms. The highest BCUT2D eigenvalue weighted by Gasteiger charge is 2.09. The molecule has 1 aromatic carbocycles. The van der Waals surface area contributed by atoms with Gasteiger partial charge in [-0.25, -0.2) is 0 Å². The van der Waals surface area contributed by atoms with E-state index >= 15 is 0 Å². The quantitative estimate of drug-likeness (QED) is 0.825. The standard InChI is InChI=1S/C13H17N3O/c1-10-4-2-3-5-11(10)8-13-12(9-16-17-13)15-7-6-14/h2-5,9,15H,6-8,14H2,1H3. The van der Waals surface area contributed by atoms with Gasteiger partial charge in [-0.3, -0.25) is 0 Å².